The van der Waals surface area contributed by atoms with Gasteiger partial charge in [-0.2, -0.15) is 0 Å². The zero-order valence-electron chi connectivity index (χ0n) is 7.83. The maximum atomic E-state index is 9.71. The van der Waals surface area contributed by atoms with E-state index in [9.17, 15) is 5.11 Å². The lowest BCUT2D eigenvalue weighted by molar-refractivity contribution is 0.457. The highest BCUT2D eigenvalue weighted by molar-refractivity contribution is 9.10. The Hall–Kier alpha value is -0.290. The highest BCUT2D eigenvalue weighted by atomic mass is 79.9. The number of aromatic hydroxyl groups is 1. The smallest absolute Gasteiger partial charge is 0.124 e. The topological polar surface area (TPSA) is 72.3 Å². The summed E-state index contributed by atoms with van der Waals surface area (Å²) >= 11 is 3.33. The first-order chi connectivity index (χ1) is 6.07. The molecule has 1 atom stereocenters. The van der Waals surface area contributed by atoms with Crippen molar-refractivity contribution in [2.75, 3.05) is 6.54 Å². The van der Waals surface area contributed by atoms with Crippen LogP contribution in [0.1, 0.15) is 17.2 Å². The third-order valence-corrected chi connectivity index (χ3v) is 2.68. The maximum absolute atomic E-state index is 9.71. The number of hydrogen-bond acceptors (Lipinski definition) is 3. The lowest BCUT2D eigenvalue weighted by Crippen LogP contribution is -2.21. The van der Waals surface area contributed by atoms with Gasteiger partial charge in [0.25, 0.3) is 0 Å². The van der Waals surface area contributed by atoms with E-state index in [1.54, 1.807) is 0 Å². The van der Waals surface area contributed by atoms with Crippen LogP contribution in [0, 0.1) is 6.92 Å². The molecular formula is C9H14BrClN2O. The lowest BCUT2D eigenvalue weighted by atomic mass is 10.0. The number of aryl methyl sites for hydroxylation is 1. The molecule has 1 aromatic carbocycles. The third kappa shape index (κ3) is 2.60. The molecule has 0 unspecified atom stereocenters. The van der Waals surface area contributed by atoms with Crippen molar-refractivity contribution in [1.29, 1.82) is 0 Å². The first-order valence-corrected chi connectivity index (χ1v) is 4.80. The minimum Gasteiger partial charge on any atom is -0.507 e. The normalized spacial score (nSPS) is 12.0. The maximum Gasteiger partial charge on any atom is 0.124 e. The van der Waals surface area contributed by atoms with E-state index in [0.29, 0.717) is 12.1 Å². The van der Waals surface area contributed by atoms with Crippen molar-refractivity contribution >= 4 is 28.3 Å². The van der Waals surface area contributed by atoms with Crippen molar-refractivity contribution < 1.29 is 5.11 Å². The number of phenolic OH excluding ortho intramolecular Hbond substituents is 1. The molecule has 0 saturated carbocycles. The molecule has 0 saturated heterocycles. The molecule has 0 bridgehead atoms. The molecule has 0 aromatic heterocycles. The van der Waals surface area contributed by atoms with Crippen LogP contribution in [-0.2, 0) is 0 Å². The standard InChI is InChI=1S/C9H13BrN2O.ClH/c1-5-2-3-6(10)8(9(5)13)7(12)4-11;/h2-3,7,13H,4,11-12H2,1H3;1H/t7-;/m0./s1. The fraction of sp³-hybridized carbons (Fsp3) is 0.333. The summed E-state index contributed by atoms with van der Waals surface area (Å²) in [6.07, 6.45) is 0. The summed E-state index contributed by atoms with van der Waals surface area (Å²) in [4.78, 5) is 0. The molecule has 0 radical (unpaired) electrons. The Morgan fingerprint density at radius 1 is 1.50 bits per heavy atom. The molecule has 0 spiro atoms. The Bertz CT molecular complexity index is 320. The first-order valence-electron chi connectivity index (χ1n) is 4.01. The number of phenols is 1. The molecular weight excluding hydrogens is 267 g/mol. The van der Waals surface area contributed by atoms with E-state index in [1.165, 1.54) is 0 Å². The van der Waals surface area contributed by atoms with Gasteiger partial charge >= 0.3 is 0 Å². The minimum absolute atomic E-state index is 0. The molecule has 5 N–H and O–H groups in total. The zero-order chi connectivity index (χ0) is 10.0. The van der Waals surface area contributed by atoms with Gasteiger partial charge in [0.1, 0.15) is 5.75 Å². The lowest BCUT2D eigenvalue weighted by Gasteiger charge is -2.14. The van der Waals surface area contributed by atoms with Gasteiger partial charge in [0, 0.05) is 22.6 Å². The van der Waals surface area contributed by atoms with Gasteiger partial charge in [-0.3, -0.25) is 0 Å². The van der Waals surface area contributed by atoms with Gasteiger partial charge in [-0.1, -0.05) is 22.0 Å². The average molecular weight is 282 g/mol. The molecule has 1 rings (SSSR count). The third-order valence-electron chi connectivity index (χ3n) is 1.99. The monoisotopic (exact) mass is 280 g/mol. The van der Waals surface area contributed by atoms with Crippen molar-refractivity contribution in [2.24, 2.45) is 11.5 Å². The number of halogens is 2. The molecule has 0 aliphatic rings. The number of benzene rings is 1. The van der Waals surface area contributed by atoms with Gasteiger partial charge in [-0.15, -0.1) is 12.4 Å². The van der Waals surface area contributed by atoms with Crippen LogP contribution >= 0.6 is 28.3 Å². The van der Waals surface area contributed by atoms with Gasteiger partial charge in [-0.25, -0.2) is 0 Å². The highest BCUT2D eigenvalue weighted by Gasteiger charge is 2.14. The van der Waals surface area contributed by atoms with Crippen molar-refractivity contribution in [3.8, 4) is 5.75 Å². The molecule has 0 aliphatic carbocycles. The van der Waals surface area contributed by atoms with Crippen LogP contribution in [0.4, 0.5) is 0 Å². The fourth-order valence-corrected chi connectivity index (χ4v) is 1.78. The number of nitrogens with two attached hydrogens (primary N) is 2. The van der Waals surface area contributed by atoms with Crippen LogP contribution in [-0.4, -0.2) is 11.7 Å². The van der Waals surface area contributed by atoms with E-state index in [1.807, 2.05) is 19.1 Å². The summed E-state index contributed by atoms with van der Waals surface area (Å²) in [7, 11) is 0. The van der Waals surface area contributed by atoms with E-state index in [0.717, 1.165) is 10.0 Å². The SMILES string of the molecule is Cc1ccc(Br)c([C@@H](N)CN)c1O.Cl. The van der Waals surface area contributed by atoms with Crippen molar-refractivity contribution in [3.63, 3.8) is 0 Å². The molecule has 0 fully saturated rings. The van der Waals surface area contributed by atoms with Crippen molar-refractivity contribution in [1.82, 2.24) is 0 Å². The van der Waals surface area contributed by atoms with Crippen LogP contribution in [0.3, 0.4) is 0 Å². The summed E-state index contributed by atoms with van der Waals surface area (Å²) in [5, 5.41) is 9.71. The minimum atomic E-state index is -0.325. The average Bonchev–Trinajstić information content (AvgIpc) is 2.12. The van der Waals surface area contributed by atoms with E-state index >= 15 is 0 Å². The number of rotatable bonds is 2. The largest absolute Gasteiger partial charge is 0.507 e. The van der Waals surface area contributed by atoms with Crippen LogP contribution in [0.15, 0.2) is 16.6 Å². The predicted octanol–water partition coefficient (Wildman–Crippen LogP) is 1.84. The summed E-state index contributed by atoms with van der Waals surface area (Å²) in [5.74, 6) is 0.229. The first kappa shape index (κ1) is 13.7. The summed E-state index contributed by atoms with van der Waals surface area (Å²) in [6, 6.07) is 3.36. The van der Waals surface area contributed by atoms with Crippen molar-refractivity contribution in [3.05, 3.63) is 27.7 Å². The quantitative estimate of drug-likeness (QED) is 0.774. The second-order valence-corrected chi connectivity index (χ2v) is 3.82. The molecule has 0 amide bonds. The highest BCUT2D eigenvalue weighted by Crippen LogP contribution is 2.32. The molecule has 80 valence electrons. The summed E-state index contributed by atoms with van der Waals surface area (Å²) in [5.41, 5.74) is 12.7. The molecule has 0 heterocycles. The second-order valence-electron chi connectivity index (χ2n) is 2.97. The van der Waals surface area contributed by atoms with Gasteiger partial charge in [0.05, 0.1) is 0 Å². The molecule has 3 nitrogen and oxygen atoms in total. The molecule has 5 heteroatoms. The molecule has 0 aliphatic heterocycles. The van der Waals surface area contributed by atoms with Crippen LogP contribution in [0.2, 0.25) is 0 Å². The Morgan fingerprint density at radius 2 is 2.07 bits per heavy atom. The fourth-order valence-electron chi connectivity index (χ4n) is 1.16. The summed E-state index contributed by atoms with van der Waals surface area (Å²) < 4.78 is 0.800. The van der Waals surface area contributed by atoms with Gasteiger partial charge in [0.15, 0.2) is 0 Å². The Balaban J connectivity index is 0.00000169. The molecule has 1 aromatic rings. The zero-order valence-corrected chi connectivity index (χ0v) is 10.2. The van der Waals surface area contributed by atoms with Gasteiger partial charge in [0.2, 0.25) is 0 Å². The Labute approximate surface area is 98.0 Å². The Morgan fingerprint density at radius 3 is 2.57 bits per heavy atom. The van der Waals surface area contributed by atoms with Crippen LogP contribution < -0.4 is 11.5 Å². The molecule has 14 heavy (non-hydrogen) atoms. The predicted molar refractivity (Wildman–Crippen MR) is 63.8 cm³/mol. The second kappa shape index (κ2) is 5.56. The Kier molecular flexibility index (Phi) is 5.44. The number of hydrogen-bond donors (Lipinski definition) is 3. The van der Waals surface area contributed by atoms with Gasteiger partial charge in [-0.05, 0) is 18.6 Å². The van der Waals surface area contributed by atoms with Crippen LogP contribution in [0.5, 0.6) is 5.75 Å². The van der Waals surface area contributed by atoms with Crippen molar-refractivity contribution in [2.45, 2.75) is 13.0 Å². The van der Waals surface area contributed by atoms with E-state index < -0.39 is 0 Å². The van der Waals surface area contributed by atoms with E-state index in [-0.39, 0.29) is 24.2 Å². The van der Waals surface area contributed by atoms with E-state index in [2.05, 4.69) is 15.9 Å². The van der Waals surface area contributed by atoms with Crippen LogP contribution in [0.25, 0.3) is 0 Å². The van der Waals surface area contributed by atoms with Gasteiger partial charge < -0.3 is 16.6 Å². The van der Waals surface area contributed by atoms with E-state index in [4.69, 9.17) is 11.5 Å². The summed E-state index contributed by atoms with van der Waals surface area (Å²) in [6.45, 7) is 2.14.